The number of sulfone groups is 1. The summed E-state index contributed by atoms with van der Waals surface area (Å²) >= 11 is 0. The van der Waals surface area contributed by atoms with Crippen molar-refractivity contribution in [2.45, 2.75) is 24.7 Å². The third kappa shape index (κ3) is 3.97. The van der Waals surface area contributed by atoms with E-state index in [0.29, 0.717) is 54.6 Å². The maximum Gasteiger partial charge on any atom is 0.255 e. The van der Waals surface area contributed by atoms with Gasteiger partial charge in [-0.2, -0.15) is 0 Å². The molecule has 152 valence electrons. The van der Waals surface area contributed by atoms with Crippen LogP contribution >= 0.6 is 0 Å². The van der Waals surface area contributed by atoms with E-state index in [1.807, 2.05) is 0 Å². The lowest BCUT2D eigenvalue weighted by Gasteiger charge is -2.28. The van der Waals surface area contributed by atoms with Gasteiger partial charge in [-0.05, 0) is 6.42 Å². The number of aromatic nitrogens is 2. The van der Waals surface area contributed by atoms with Gasteiger partial charge in [0.05, 0.1) is 32.6 Å². The van der Waals surface area contributed by atoms with E-state index in [1.165, 1.54) is 0 Å². The molecule has 1 aromatic heterocycles. The van der Waals surface area contributed by atoms with E-state index in [9.17, 15) is 13.2 Å². The highest BCUT2D eigenvalue weighted by Gasteiger charge is 2.25. The predicted molar refractivity (Wildman–Crippen MR) is 102 cm³/mol. The molecule has 1 N–H and O–H groups in total. The van der Waals surface area contributed by atoms with Crippen molar-refractivity contribution in [1.82, 2.24) is 14.9 Å². The number of benzene rings is 1. The van der Waals surface area contributed by atoms with Crippen LogP contribution in [0.4, 0.5) is 0 Å². The zero-order valence-electron chi connectivity index (χ0n) is 16.2. The van der Waals surface area contributed by atoms with Crippen molar-refractivity contribution < 1.29 is 22.6 Å². The van der Waals surface area contributed by atoms with E-state index >= 15 is 0 Å². The summed E-state index contributed by atoms with van der Waals surface area (Å²) in [5.74, 6) is 1.86. The fraction of sp³-hybridized carbons (Fsp3) is 0.444. The fourth-order valence-electron chi connectivity index (χ4n) is 3.24. The normalized spacial score (nSPS) is 14.4. The first-order valence-corrected chi connectivity index (χ1v) is 10.5. The van der Waals surface area contributed by atoms with Crippen molar-refractivity contribution in [1.29, 1.82) is 0 Å². The van der Waals surface area contributed by atoms with Gasteiger partial charge in [0.15, 0.2) is 0 Å². The van der Waals surface area contributed by atoms with Crippen LogP contribution in [0.1, 0.15) is 16.8 Å². The molecule has 1 aliphatic heterocycles. The lowest BCUT2D eigenvalue weighted by atomic mass is 10.0. The number of hydrogen-bond donors (Lipinski definition) is 1. The molecule has 1 aromatic carbocycles. The number of hydrogen-bond acceptors (Lipinski definition) is 8. The maximum atomic E-state index is 12.2. The lowest BCUT2D eigenvalue weighted by molar-refractivity contribution is 0.231. The van der Waals surface area contributed by atoms with Crippen LogP contribution in [0.5, 0.6) is 17.2 Å². The summed E-state index contributed by atoms with van der Waals surface area (Å²) in [5.41, 5.74) is 1.44. The molecule has 0 fully saturated rings. The second-order valence-electron chi connectivity index (χ2n) is 6.54. The molecule has 10 heteroatoms. The topological polar surface area (TPSA) is 111 Å². The SMILES string of the molecule is COc1cc(OC)c(CN2CCc3c(nc(S(C)(=O)=O)[nH]c3=O)C2)c(OC)c1. The Morgan fingerprint density at radius 3 is 2.32 bits per heavy atom. The smallest absolute Gasteiger partial charge is 0.255 e. The van der Waals surface area contributed by atoms with Gasteiger partial charge in [0.25, 0.3) is 5.56 Å². The summed E-state index contributed by atoms with van der Waals surface area (Å²) in [6, 6.07) is 3.56. The quantitative estimate of drug-likeness (QED) is 0.696. The minimum Gasteiger partial charge on any atom is -0.496 e. The van der Waals surface area contributed by atoms with E-state index in [4.69, 9.17) is 14.2 Å². The van der Waals surface area contributed by atoms with Crippen molar-refractivity contribution in [2.75, 3.05) is 34.1 Å². The van der Waals surface area contributed by atoms with E-state index < -0.39 is 15.4 Å². The molecule has 0 unspecified atom stereocenters. The van der Waals surface area contributed by atoms with Gasteiger partial charge in [-0.3, -0.25) is 14.7 Å². The number of rotatable bonds is 6. The number of fused-ring (bicyclic) bond motifs is 1. The first-order chi connectivity index (χ1) is 13.3. The van der Waals surface area contributed by atoms with Crippen LogP contribution in [0.25, 0.3) is 0 Å². The molecule has 0 spiro atoms. The molecule has 0 radical (unpaired) electrons. The van der Waals surface area contributed by atoms with Gasteiger partial charge in [0.1, 0.15) is 17.2 Å². The highest BCUT2D eigenvalue weighted by Crippen LogP contribution is 2.35. The Hall–Kier alpha value is -2.59. The number of nitrogens with one attached hydrogen (secondary N) is 1. The third-order valence-electron chi connectivity index (χ3n) is 4.68. The van der Waals surface area contributed by atoms with Crippen molar-refractivity contribution in [3.63, 3.8) is 0 Å². The van der Waals surface area contributed by atoms with Crippen molar-refractivity contribution in [3.8, 4) is 17.2 Å². The maximum absolute atomic E-state index is 12.2. The Labute approximate surface area is 163 Å². The van der Waals surface area contributed by atoms with E-state index in [0.717, 1.165) is 11.8 Å². The van der Waals surface area contributed by atoms with Crippen molar-refractivity contribution in [2.24, 2.45) is 0 Å². The molecule has 0 saturated carbocycles. The zero-order valence-corrected chi connectivity index (χ0v) is 17.1. The van der Waals surface area contributed by atoms with Crippen LogP contribution in [-0.4, -0.2) is 57.4 Å². The number of H-pyrrole nitrogens is 1. The standard InChI is InChI=1S/C18H23N3O6S/c1-25-11-7-15(26-2)13(16(8-11)27-3)9-21-6-5-12-14(10-21)19-18(20-17(12)22)28(4,23)24/h7-8H,5-6,9-10H2,1-4H3,(H,19,20,22). The van der Waals surface area contributed by atoms with Crippen LogP contribution in [0.3, 0.4) is 0 Å². The molecule has 28 heavy (non-hydrogen) atoms. The van der Waals surface area contributed by atoms with Gasteiger partial charge in [-0.15, -0.1) is 0 Å². The molecular weight excluding hydrogens is 386 g/mol. The number of ether oxygens (including phenoxy) is 3. The highest BCUT2D eigenvalue weighted by molar-refractivity contribution is 7.90. The summed E-state index contributed by atoms with van der Waals surface area (Å²) in [6.07, 6.45) is 1.49. The van der Waals surface area contributed by atoms with Gasteiger partial charge in [-0.25, -0.2) is 13.4 Å². The Bertz CT molecular complexity index is 1020. The van der Waals surface area contributed by atoms with Gasteiger partial charge < -0.3 is 14.2 Å². The first kappa shape index (κ1) is 20.2. The van der Waals surface area contributed by atoms with Crippen LogP contribution < -0.4 is 19.8 Å². The monoisotopic (exact) mass is 409 g/mol. The average molecular weight is 409 g/mol. The lowest BCUT2D eigenvalue weighted by Crippen LogP contribution is -2.35. The van der Waals surface area contributed by atoms with E-state index in [-0.39, 0.29) is 5.16 Å². The van der Waals surface area contributed by atoms with Gasteiger partial charge in [-0.1, -0.05) is 0 Å². The van der Waals surface area contributed by atoms with Crippen molar-refractivity contribution in [3.05, 3.63) is 39.3 Å². The molecule has 0 amide bonds. The number of nitrogens with zero attached hydrogens (tertiary/aromatic N) is 2. The zero-order chi connectivity index (χ0) is 20.5. The molecule has 0 bridgehead atoms. The molecule has 2 aromatic rings. The molecule has 1 aliphatic rings. The molecule has 9 nitrogen and oxygen atoms in total. The predicted octanol–water partition coefficient (Wildman–Crippen LogP) is 0.758. The van der Waals surface area contributed by atoms with E-state index in [1.54, 1.807) is 33.5 Å². The minimum atomic E-state index is -3.60. The number of aromatic amines is 1. The summed E-state index contributed by atoms with van der Waals surface area (Å²) in [6.45, 7) is 1.45. The summed E-state index contributed by atoms with van der Waals surface area (Å²) in [5, 5.41) is -0.308. The first-order valence-electron chi connectivity index (χ1n) is 8.60. The Morgan fingerprint density at radius 2 is 1.79 bits per heavy atom. The number of methoxy groups -OCH3 is 3. The summed E-state index contributed by atoms with van der Waals surface area (Å²) < 4.78 is 39.8. The summed E-state index contributed by atoms with van der Waals surface area (Å²) in [4.78, 5) is 20.8. The molecule has 2 heterocycles. The van der Waals surface area contributed by atoms with Crippen molar-refractivity contribution >= 4 is 9.84 Å². The van der Waals surface area contributed by atoms with Crippen LogP contribution in [-0.2, 0) is 29.3 Å². The molecule has 0 atom stereocenters. The third-order valence-corrected chi connectivity index (χ3v) is 5.58. The molecule has 0 saturated heterocycles. The minimum absolute atomic E-state index is 0.308. The summed E-state index contributed by atoms with van der Waals surface area (Å²) in [7, 11) is 1.11. The highest BCUT2D eigenvalue weighted by atomic mass is 32.2. The Kier molecular flexibility index (Phi) is 5.61. The Morgan fingerprint density at radius 1 is 1.14 bits per heavy atom. The molecule has 0 aliphatic carbocycles. The largest absolute Gasteiger partial charge is 0.496 e. The average Bonchev–Trinajstić information content (AvgIpc) is 2.67. The molecule has 3 rings (SSSR count). The second kappa shape index (κ2) is 7.80. The fourth-order valence-corrected chi connectivity index (χ4v) is 3.79. The van der Waals surface area contributed by atoms with E-state index in [2.05, 4.69) is 14.9 Å². The van der Waals surface area contributed by atoms with Gasteiger partial charge in [0, 0.05) is 43.6 Å². The second-order valence-corrected chi connectivity index (χ2v) is 8.47. The van der Waals surface area contributed by atoms with Crippen LogP contribution in [0.15, 0.2) is 22.1 Å². The van der Waals surface area contributed by atoms with Crippen LogP contribution in [0.2, 0.25) is 0 Å². The van der Waals surface area contributed by atoms with Gasteiger partial charge >= 0.3 is 0 Å². The molecular formula is C18H23N3O6S. The van der Waals surface area contributed by atoms with Gasteiger partial charge in [0.2, 0.25) is 15.0 Å². The Balaban J connectivity index is 1.93. The van der Waals surface area contributed by atoms with Crippen LogP contribution in [0, 0.1) is 0 Å².